The Labute approximate surface area is 114 Å². The van der Waals surface area contributed by atoms with E-state index in [1.165, 1.54) is 6.20 Å². The highest BCUT2D eigenvalue weighted by Crippen LogP contribution is 2.17. The van der Waals surface area contributed by atoms with E-state index in [0.29, 0.717) is 5.75 Å². The van der Waals surface area contributed by atoms with Crippen LogP contribution in [0.3, 0.4) is 0 Å². The van der Waals surface area contributed by atoms with Crippen molar-refractivity contribution < 1.29 is 23.8 Å². The zero-order chi connectivity index (χ0) is 14.4. The average molecular weight is 277 g/mol. The van der Waals surface area contributed by atoms with Crippen molar-refractivity contribution >= 4 is 5.97 Å². The Morgan fingerprint density at radius 3 is 2.55 bits per heavy atom. The van der Waals surface area contributed by atoms with Gasteiger partial charge >= 0.3 is 5.97 Å². The third-order valence-corrected chi connectivity index (χ3v) is 2.42. The van der Waals surface area contributed by atoms with E-state index in [4.69, 9.17) is 14.6 Å². The van der Waals surface area contributed by atoms with Crippen molar-refractivity contribution in [2.24, 2.45) is 0 Å². The summed E-state index contributed by atoms with van der Waals surface area (Å²) in [7, 11) is 0. The molecule has 0 aliphatic carbocycles. The summed E-state index contributed by atoms with van der Waals surface area (Å²) in [6, 6.07) is 10.2. The molecule has 0 aliphatic heterocycles. The van der Waals surface area contributed by atoms with Gasteiger partial charge in [0.15, 0.2) is 5.82 Å². The number of pyridine rings is 1. The van der Waals surface area contributed by atoms with Crippen LogP contribution in [0.25, 0.3) is 0 Å². The predicted octanol–water partition coefficient (Wildman–Crippen LogP) is 2.38. The number of aromatic carboxylic acids is 1. The van der Waals surface area contributed by atoms with Gasteiger partial charge in [-0.1, -0.05) is 18.2 Å². The Kier molecular flexibility index (Phi) is 4.49. The van der Waals surface area contributed by atoms with Gasteiger partial charge in [-0.25, -0.2) is 14.2 Å². The standard InChI is InChI=1S/C14H12FNO4/c15-12-11(14(17)18)6-7-16-13(12)20-9-8-19-10-4-2-1-3-5-10/h1-7H,8-9H2,(H,17,18). The summed E-state index contributed by atoms with van der Waals surface area (Å²) in [4.78, 5) is 14.4. The number of hydrogen-bond acceptors (Lipinski definition) is 4. The zero-order valence-electron chi connectivity index (χ0n) is 10.5. The lowest BCUT2D eigenvalue weighted by atomic mass is 10.2. The Morgan fingerprint density at radius 2 is 1.85 bits per heavy atom. The molecule has 1 heterocycles. The quantitative estimate of drug-likeness (QED) is 0.821. The van der Waals surface area contributed by atoms with Gasteiger partial charge in [0.25, 0.3) is 5.88 Å². The SMILES string of the molecule is O=C(O)c1ccnc(OCCOc2ccccc2)c1F. The van der Waals surface area contributed by atoms with Crippen LogP contribution in [0.2, 0.25) is 0 Å². The van der Waals surface area contributed by atoms with Crippen LogP contribution in [0.15, 0.2) is 42.6 Å². The second-order valence-electron chi connectivity index (χ2n) is 3.79. The highest BCUT2D eigenvalue weighted by Gasteiger charge is 2.15. The number of halogens is 1. The fraction of sp³-hybridized carbons (Fsp3) is 0.143. The minimum atomic E-state index is -1.37. The van der Waals surface area contributed by atoms with Crippen LogP contribution in [0.5, 0.6) is 11.6 Å². The van der Waals surface area contributed by atoms with Gasteiger partial charge in [0, 0.05) is 6.20 Å². The molecule has 2 rings (SSSR count). The lowest BCUT2D eigenvalue weighted by Gasteiger charge is -2.08. The summed E-state index contributed by atoms with van der Waals surface area (Å²) < 4.78 is 24.1. The fourth-order valence-corrected chi connectivity index (χ4v) is 1.50. The molecule has 0 unspecified atom stereocenters. The van der Waals surface area contributed by atoms with Crippen molar-refractivity contribution in [2.75, 3.05) is 13.2 Å². The van der Waals surface area contributed by atoms with Crippen molar-refractivity contribution in [2.45, 2.75) is 0 Å². The second-order valence-corrected chi connectivity index (χ2v) is 3.79. The maximum atomic E-state index is 13.7. The monoisotopic (exact) mass is 277 g/mol. The summed E-state index contributed by atoms with van der Waals surface area (Å²) in [5, 5.41) is 8.76. The smallest absolute Gasteiger partial charge is 0.338 e. The number of aromatic nitrogens is 1. The highest BCUT2D eigenvalue weighted by molar-refractivity contribution is 5.88. The second kappa shape index (κ2) is 6.51. The molecule has 1 aromatic heterocycles. The number of rotatable bonds is 6. The van der Waals surface area contributed by atoms with E-state index in [1.54, 1.807) is 12.1 Å². The van der Waals surface area contributed by atoms with Gasteiger partial charge in [-0.2, -0.15) is 0 Å². The van der Waals surface area contributed by atoms with Crippen molar-refractivity contribution in [3.05, 3.63) is 54.0 Å². The van der Waals surface area contributed by atoms with E-state index >= 15 is 0 Å². The summed E-state index contributed by atoms with van der Waals surface area (Å²) in [6.07, 6.45) is 1.18. The minimum absolute atomic E-state index is 0.0574. The van der Waals surface area contributed by atoms with E-state index in [9.17, 15) is 9.18 Å². The van der Waals surface area contributed by atoms with Crippen LogP contribution in [0, 0.1) is 5.82 Å². The zero-order valence-corrected chi connectivity index (χ0v) is 10.5. The Balaban J connectivity index is 1.88. The lowest BCUT2D eigenvalue weighted by molar-refractivity contribution is 0.0690. The van der Waals surface area contributed by atoms with Gasteiger partial charge in [-0.15, -0.1) is 0 Å². The molecular formula is C14H12FNO4. The third-order valence-electron chi connectivity index (χ3n) is 2.42. The topological polar surface area (TPSA) is 68.7 Å². The molecule has 0 bridgehead atoms. The third kappa shape index (κ3) is 3.44. The average Bonchev–Trinajstić information content (AvgIpc) is 2.46. The molecule has 0 saturated heterocycles. The van der Waals surface area contributed by atoms with E-state index in [-0.39, 0.29) is 19.1 Å². The molecule has 2 aromatic rings. The minimum Gasteiger partial charge on any atom is -0.490 e. The highest BCUT2D eigenvalue weighted by atomic mass is 19.1. The molecule has 1 N–H and O–H groups in total. The van der Waals surface area contributed by atoms with Gasteiger partial charge in [0.1, 0.15) is 24.5 Å². The number of benzene rings is 1. The molecule has 0 spiro atoms. The number of carboxylic acids is 1. The first kappa shape index (κ1) is 13.8. The molecule has 0 fully saturated rings. The molecule has 0 saturated carbocycles. The van der Waals surface area contributed by atoms with Gasteiger partial charge in [0.05, 0.1) is 0 Å². The summed E-state index contributed by atoms with van der Waals surface area (Å²) in [5.41, 5.74) is -0.473. The number of nitrogens with zero attached hydrogens (tertiary/aromatic N) is 1. The van der Waals surface area contributed by atoms with Crippen LogP contribution < -0.4 is 9.47 Å². The van der Waals surface area contributed by atoms with Crippen LogP contribution in [-0.4, -0.2) is 29.3 Å². The summed E-state index contributed by atoms with van der Waals surface area (Å²) in [5.74, 6) is -2.03. The summed E-state index contributed by atoms with van der Waals surface area (Å²) >= 11 is 0. The van der Waals surface area contributed by atoms with Crippen molar-refractivity contribution in [3.8, 4) is 11.6 Å². The van der Waals surface area contributed by atoms with Gasteiger partial charge in [-0.05, 0) is 18.2 Å². The first-order valence-electron chi connectivity index (χ1n) is 5.87. The molecule has 1 aromatic carbocycles. The molecule has 5 nitrogen and oxygen atoms in total. The molecule has 0 aliphatic rings. The molecule has 0 atom stereocenters. The Morgan fingerprint density at radius 1 is 1.15 bits per heavy atom. The first-order valence-corrected chi connectivity index (χ1v) is 5.87. The number of hydrogen-bond donors (Lipinski definition) is 1. The van der Waals surface area contributed by atoms with Crippen molar-refractivity contribution in [3.63, 3.8) is 0 Å². The predicted molar refractivity (Wildman–Crippen MR) is 68.6 cm³/mol. The maximum Gasteiger partial charge on any atom is 0.338 e. The lowest BCUT2D eigenvalue weighted by Crippen LogP contribution is -2.12. The molecule has 0 radical (unpaired) electrons. The molecule has 104 valence electrons. The fourth-order valence-electron chi connectivity index (χ4n) is 1.50. The van der Waals surface area contributed by atoms with E-state index in [0.717, 1.165) is 6.07 Å². The Bertz CT molecular complexity index is 589. The van der Waals surface area contributed by atoms with E-state index in [2.05, 4.69) is 4.98 Å². The van der Waals surface area contributed by atoms with Gasteiger partial charge in [-0.3, -0.25) is 0 Å². The number of carboxylic acid groups (broad SMARTS) is 1. The van der Waals surface area contributed by atoms with Crippen LogP contribution >= 0.6 is 0 Å². The molecule has 6 heteroatoms. The van der Waals surface area contributed by atoms with Gasteiger partial charge < -0.3 is 14.6 Å². The van der Waals surface area contributed by atoms with Crippen LogP contribution in [0.4, 0.5) is 4.39 Å². The number of para-hydroxylation sites is 1. The van der Waals surface area contributed by atoms with Crippen LogP contribution in [0.1, 0.15) is 10.4 Å². The number of carbonyl (C=O) groups is 1. The normalized spacial score (nSPS) is 10.1. The summed E-state index contributed by atoms with van der Waals surface area (Å²) in [6.45, 7) is 0.254. The van der Waals surface area contributed by atoms with Gasteiger partial charge in [0.2, 0.25) is 0 Å². The van der Waals surface area contributed by atoms with Crippen LogP contribution in [-0.2, 0) is 0 Å². The van der Waals surface area contributed by atoms with E-state index in [1.807, 2.05) is 18.2 Å². The molecule has 0 amide bonds. The van der Waals surface area contributed by atoms with Crippen molar-refractivity contribution in [1.82, 2.24) is 4.98 Å². The van der Waals surface area contributed by atoms with Crippen molar-refractivity contribution in [1.29, 1.82) is 0 Å². The largest absolute Gasteiger partial charge is 0.490 e. The first-order chi connectivity index (χ1) is 9.68. The molecular weight excluding hydrogens is 265 g/mol. The Hall–Kier alpha value is -2.63. The molecule has 20 heavy (non-hydrogen) atoms. The maximum absolute atomic E-state index is 13.7. The number of ether oxygens (including phenoxy) is 2. The van der Waals surface area contributed by atoms with E-state index < -0.39 is 17.3 Å².